The van der Waals surface area contributed by atoms with Gasteiger partial charge < -0.3 is 4.74 Å². The fourth-order valence-corrected chi connectivity index (χ4v) is 2.02. The number of hydrogen-bond donors (Lipinski definition) is 0. The molecule has 3 heteroatoms. The van der Waals surface area contributed by atoms with E-state index in [1.165, 1.54) is 0 Å². The lowest BCUT2D eigenvalue weighted by molar-refractivity contribution is 0.0686. The van der Waals surface area contributed by atoms with Crippen molar-refractivity contribution in [3.05, 3.63) is 0 Å². The maximum absolute atomic E-state index is 6.05. The van der Waals surface area contributed by atoms with E-state index in [0.717, 1.165) is 26.1 Å². The molecule has 1 nitrogen and oxygen atoms in total. The van der Waals surface area contributed by atoms with Crippen LogP contribution in [0.5, 0.6) is 0 Å². The summed E-state index contributed by atoms with van der Waals surface area (Å²) in [5.41, 5.74) is 0. The van der Waals surface area contributed by atoms with Gasteiger partial charge in [0.1, 0.15) is 0 Å². The second kappa shape index (κ2) is 8.66. The first-order chi connectivity index (χ1) is 7.02. The highest BCUT2D eigenvalue weighted by atomic mass is 35.5. The van der Waals surface area contributed by atoms with E-state index >= 15 is 0 Å². The van der Waals surface area contributed by atoms with E-state index in [1.807, 2.05) is 13.8 Å². The standard InChI is InChI=1S/C12H24Cl2O/c1-5-11(9(3)13)7-15-8-12(6-2)10(4)14/h9-12H,5-8H2,1-4H3. The largest absolute Gasteiger partial charge is 0.381 e. The van der Waals surface area contributed by atoms with Crippen molar-refractivity contribution in [2.45, 2.75) is 51.3 Å². The zero-order chi connectivity index (χ0) is 11.8. The average Bonchev–Trinajstić information content (AvgIpc) is 2.17. The van der Waals surface area contributed by atoms with Crippen molar-refractivity contribution in [3.63, 3.8) is 0 Å². The molecule has 92 valence electrons. The van der Waals surface area contributed by atoms with Gasteiger partial charge in [0.15, 0.2) is 0 Å². The second-order valence-corrected chi connectivity index (χ2v) is 5.61. The quantitative estimate of drug-likeness (QED) is 0.587. The zero-order valence-electron chi connectivity index (χ0n) is 10.3. The summed E-state index contributed by atoms with van der Waals surface area (Å²) >= 11 is 12.1. The highest BCUT2D eigenvalue weighted by Crippen LogP contribution is 2.18. The topological polar surface area (TPSA) is 9.23 Å². The molecule has 0 aliphatic rings. The molecule has 0 spiro atoms. The van der Waals surface area contributed by atoms with Crippen LogP contribution in [0, 0.1) is 11.8 Å². The van der Waals surface area contributed by atoms with Gasteiger partial charge in [-0.2, -0.15) is 0 Å². The number of rotatable bonds is 8. The van der Waals surface area contributed by atoms with E-state index in [-0.39, 0.29) is 10.8 Å². The van der Waals surface area contributed by atoms with Crippen molar-refractivity contribution in [2.24, 2.45) is 11.8 Å². The van der Waals surface area contributed by atoms with Gasteiger partial charge in [0.2, 0.25) is 0 Å². The first-order valence-corrected chi connectivity index (χ1v) is 6.76. The Hall–Kier alpha value is 0.540. The molecule has 0 aromatic heterocycles. The predicted molar refractivity (Wildman–Crippen MR) is 69.0 cm³/mol. The minimum atomic E-state index is 0.184. The summed E-state index contributed by atoms with van der Waals surface area (Å²) in [6.07, 6.45) is 2.13. The molecule has 0 rings (SSSR count). The third-order valence-corrected chi connectivity index (χ3v) is 3.72. The lowest BCUT2D eigenvalue weighted by Gasteiger charge is -2.21. The predicted octanol–water partition coefficient (Wildman–Crippen LogP) is 4.31. The van der Waals surface area contributed by atoms with Crippen LogP contribution in [0.2, 0.25) is 0 Å². The fraction of sp³-hybridized carbons (Fsp3) is 1.00. The van der Waals surface area contributed by atoms with E-state index in [1.54, 1.807) is 0 Å². The zero-order valence-corrected chi connectivity index (χ0v) is 11.8. The summed E-state index contributed by atoms with van der Waals surface area (Å²) in [5, 5.41) is 0.368. The Morgan fingerprint density at radius 3 is 1.40 bits per heavy atom. The van der Waals surface area contributed by atoms with Crippen LogP contribution >= 0.6 is 23.2 Å². The summed E-state index contributed by atoms with van der Waals surface area (Å²) < 4.78 is 5.69. The smallest absolute Gasteiger partial charge is 0.0508 e. The van der Waals surface area contributed by atoms with E-state index in [0.29, 0.717) is 11.8 Å². The average molecular weight is 255 g/mol. The normalized spacial score (nSPS) is 19.6. The Labute approximate surface area is 104 Å². The monoisotopic (exact) mass is 254 g/mol. The summed E-state index contributed by atoms with van der Waals surface area (Å²) in [4.78, 5) is 0. The number of hydrogen-bond acceptors (Lipinski definition) is 1. The summed E-state index contributed by atoms with van der Waals surface area (Å²) in [6, 6.07) is 0. The molecular formula is C12H24Cl2O. The molecule has 15 heavy (non-hydrogen) atoms. The van der Waals surface area contributed by atoms with Gasteiger partial charge in [-0.1, -0.05) is 13.8 Å². The van der Waals surface area contributed by atoms with Gasteiger partial charge >= 0.3 is 0 Å². The molecule has 4 atom stereocenters. The lowest BCUT2D eigenvalue weighted by atomic mass is 10.0. The van der Waals surface area contributed by atoms with Crippen LogP contribution in [0.3, 0.4) is 0 Å². The molecule has 0 aromatic carbocycles. The Bertz CT molecular complexity index is 133. The molecule has 0 fully saturated rings. The molecule has 0 radical (unpaired) electrons. The van der Waals surface area contributed by atoms with Crippen LogP contribution in [0.1, 0.15) is 40.5 Å². The highest BCUT2D eigenvalue weighted by molar-refractivity contribution is 6.20. The highest BCUT2D eigenvalue weighted by Gasteiger charge is 2.16. The Morgan fingerprint density at radius 2 is 1.20 bits per heavy atom. The molecule has 4 unspecified atom stereocenters. The number of alkyl halides is 2. The van der Waals surface area contributed by atoms with Crippen molar-refractivity contribution < 1.29 is 4.74 Å². The SMILES string of the molecule is CCC(COCC(CC)C(C)Cl)C(C)Cl. The molecule has 0 heterocycles. The van der Waals surface area contributed by atoms with Crippen molar-refractivity contribution in [3.8, 4) is 0 Å². The van der Waals surface area contributed by atoms with Crippen LogP contribution in [-0.2, 0) is 4.74 Å². The van der Waals surface area contributed by atoms with Gasteiger partial charge in [-0.25, -0.2) is 0 Å². The second-order valence-electron chi connectivity index (χ2n) is 4.23. The summed E-state index contributed by atoms with van der Waals surface area (Å²) in [7, 11) is 0. The van der Waals surface area contributed by atoms with E-state index in [9.17, 15) is 0 Å². The molecule has 0 N–H and O–H groups in total. The number of ether oxygens (including phenoxy) is 1. The van der Waals surface area contributed by atoms with Crippen molar-refractivity contribution >= 4 is 23.2 Å². The number of halogens is 2. The molecule has 0 saturated carbocycles. The van der Waals surface area contributed by atoms with Gasteiger partial charge in [-0.05, 0) is 38.5 Å². The third kappa shape index (κ3) is 6.65. The van der Waals surface area contributed by atoms with Crippen molar-refractivity contribution in [1.29, 1.82) is 0 Å². The maximum Gasteiger partial charge on any atom is 0.0508 e. The third-order valence-electron chi connectivity index (χ3n) is 3.01. The molecule has 0 aliphatic carbocycles. The van der Waals surface area contributed by atoms with Gasteiger partial charge in [0.05, 0.1) is 13.2 Å². The van der Waals surface area contributed by atoms with Gasteiger partial charge in [-0.15, -0.1) is 23.2 Å². The summed E-state index contributed by atoms with van der Waals surface area (Å²) in [5.74, 6) is 0.907. The molecule has 0 saturated heterocycles. The van der Waals surface area contributed by atoms with Gasteiger partial charge in [-0.3, -0.25) is 0 Å². The van der Waals surface area contributed by atoms with Gasteiger partial charge in [0, 0.05) is 10.8 Å². The van der Waals surface area contributed by atoms with Crippen LogP contribution in [-0.4, -0.2) is 24.0 Å². The van der Waals surface area contributed by atoms with E-state index in [4.69, 9.17) is 27.9 Å². The van der Waals surface area contributed by atoms with E-state index in [2.05, 4.69) is 13.8 Å². The van der Waals surface area contributed by atoms with Crippen LogP contribution in [0.15, 0.2) is 0 Å². The fourth-order valence-electron chi connectivity index (χ4n) is 1.52. The minimum absolute atomic E-state index is 0.184. The van der Waals surface area contributed by atoms with Crippen LogP contribution < -0.4 is 0 Å². The van der Waals surface area contributed by atoms with Crippen molar-refractivity contribution in [2.75, 3.05) is 13.2 Å². The lowest BCUT2D eigenvalue weighted by Crippen LogP contribution is -2.22. The van der Waals surface area contributed by atoms with Crippen LogP contribution in [0.4, 0.5) is 0 Å². The molecular weight excluding hydrogens is 231 g/mol. The first kappa shape index (κ1) is 15.5. The molecule has 0 aliphatic heterocycles. The Morgan fingerprint density at radius 1 is 0.867 bits per heavy atom. The van der Waals surface area contributed by atoms with Crippen molar-refractivity contribution in [1.82, 2.24) is 0 Å². The molecule has 0 amide bonds. The van der Waals surface area contributed by atoms with Crippen LogP contribution in [0.25, 0.3) is 0 Å². The minimum Gasteiger partial charge on any atom is -0.381 e. The van der Waals surface area contributed by atoms with Gasteiger partial charge in [0.25, 0.3) is 0 Å². The first-order valence-electron chi connectivity index (χ1n) is 5.88. The van der Waals surface area contributed by atoms with E-state index < -0.39 is 0 Å². The maximum atomic E-state index is 6.05. The Balaban J connectivity index is 3.75. The molecule has 0 bridgehead atoms. The Kier molecular flexibility index (Phi) is 8.98. The molecule has 0 aromatic rings. The summed E-state index contributed by atoms with van der Waals surface area (Å²) in [6.45, 7) is 9.85.